The number of rotatable bonds is 5. The number of benzene rings is 1. The number of hydrogen-bond acceptors (Lipinski definition) is 5. The molecule has 0 bridgehead atoms. The van der Waals surface area contributed by atoms with Gasteiger partial charge in [0.05, 0.1) is 19.8 Å². The number of esters is 1. The van der Waals surface area contributed by atoms with Gasteiger partial charge in [0.2, 0.25) is 0 Å². The van der Waals surface area contributed by atoms with Crippen molar-refractivity contribution in [1.29, 1.82) is 0 Å². The van der Waals surface area contributed by atoms with Gasteiger partial charge < -0.3 is 19.9 Å². The molecule has 1 aromatic carbocycles. The molecule has 0 saturated heterocycles. The summed E-state index contributed by atoms with van der Waals surface area (Å²) < 4.78 is 16.3. The first kappa shape index (κ1) is 15.6. The highest BCUT2D eigenvalue weighted by atomic mass is 16.5. The van der Waals surface area contributed by atoms with Crippen molar-refractivity contribution < 1.29 is 19.0 Å². The first-order valence-corrected chi connectivity index (χ1v) is 7.41. The summed E-state index contributed by atoms with van der Waals surface area (Å²) in [6.45, 7) is 5.56. The second kappa shape index (κ2) is 7.31. The van der Waals surface area contributed by atoms with Crippen LogP contribution in [0.25, 0.3) is 0 Å². The van der Waals surface area contributed by atoms with Crippen LogP contribution >= 0.6 is 0 Å². The predicted molar refractivity (Wildman–Crippen MR) is 79.4 cm³/mol. The number of nitrogens with two attached hydrogens (primary N) is 1. The molecular formula is C16H23NO4. The van der Waals surface area contributed by atoms with Crippen LogP contribution in [0.4, 0.5) is 0 Å². The van der Waals surface area contributed by atoms with Crippen molar-refractivity contribution in [2.45, 2.75) is 32.7 Å². The van der Waals surface area contributed by atoms with Gasteiger partial charge in [-0.2, -0.15) is 0 Å². The highest BCUT2D eigenvalue weighted by molar-refractivity contribution is 5.69. The monoisotopic (exact) mass is 293 g/mol. The van der Waals surface area contributed by atoms with Crippen LogP contribution in [0, 0.1) is 5.92 Å². The summed E-state index contributed by atoms with van der Waals surface area (Å²) in [5.74, 6) is 1.62. The minimum Gasteiger partial charge on any atom is -0.489 e. The highest BCUT2D eigenvalue weighted by Gasteiger charge is 2.17. The Labute approximate surface area is 125 Å². The molecule has 1 aromatic rings. The van der Waals surface area contributed by atoms with Crippen molar-refractivity contribution in [2.24, 2.45) is 11.7 Å². The van der Waals surface area contributed by atoms with E-state index in [1.807, 2.05) is 18.2 Å². The van der Waals surface area contributed by atoms with Crippen molar-refractivity contribution in [2.75, 3.05) is 19.8 Å². The fourth-order valence-electron chi connectivity index (χ4n) is 2.17. The average molecular weight is 293 g/mol. The summed E-state index contributed by atoms with van der Waals surface area (Å²) in [5, 5.41) is 0. The Balaban J connectivity index is 1.99. The lowest BCUT2D eigenvalue weighted by atomic mass is 10.0. The SMILES string of the molecule is CCOC(=O)CCC(N)c1ccc2c(c1)OCC(C)CO2. The maximum Gasteiger partial charge on any atom is 0.305 e. The summed E-state index contributed by atoms with van der Waals surface area (Å²) in [6.07, 6.45) is 0.870. The van der Waals surface area contributed by atoms with E-state index in [0.29, 0.717) is 38.6 Å². The molecule has 2 rings (SSSR count). The Morgan fingerprint density at radius 1 is 1.38 bits per heavy atom. The van der Waals surface area contributed by atoms with Gasteiger partial charge in [0.25, 0.3) is 0 Å². The minimum atomic E-state index is -0.219. The predicted octanol–water partition coefficient (Wildman–Crippen LogP) is 2.44. The number of carbonyl (C=O) groups is 1. The maximum absolute atomic E-state index is 11.4. The summed E-state index contributed by atoms with van der Waals surface area (Å²) in [4.78, 5) is 11.4. The van der Waals surface area contributed by atoms with Gasteiger partial charge in [0, 0.05) is 18.4 Å². The quantitative estimate of drug-likeness (QED) is 0.844. The van der Waals surface area contributed by atoms with Gasteiger partial charge in [-0.3, -0.25) is 4.79 Å². The lowest BCUT2D eigenvalue weighted by Crippen LogP contribution is -2.14. The molecule has 1 heterocycles. The van der Waals surface area contributed by atoms with Gasteiger partial charge in [0.15, 0.2) is 11.5 Å². The summed E-state index contributed by atoms with van der Waals surface area (Å²) in [6, 6.07) is 5.49. The molecule has 2 atom stereocenters. The lowest BCUT2D eigenvalue weighted by molar-refractivity contribution is -0.143. The number of carbonyl (C=O) groups excluding carboxylic acids is 1. The molecule has 5 nitrogen and oxygen atoms in total. The van der Waals surface area contributed by atoms with Crippen molar-refractivity contribution in [3.8, 4) is 11.5 Å². The zero-order valence-corrected chi connectivity index (χ0v) is 12.6. The molecule has 2 N–H and O–H groups in total. The molecule has 0 spiro atoms. The second-order valence-corrected chi connectivity index (χ2v) is 5.38. The molecule has 0 amide bonds. The van der Waals surface area contributed by atoms with Gasteiger partial charge in [-0.15, -0.1) is 0 Å². The number of ether oxygens (including phenoxy) is 3. The molecule has 0 saturated carbocycles. The summed E-state index contributed by atoms with van der Waals surface area (Å²) >= 11 is 0. The van der Waals surface area contributed by atoms with E-state index in [-0.39, 0.29) is 12.0 Å². The summed E-state index contributed by atoms with van der Waals surface area (Å²) in [7, 11) is 0. The summed E-state index contributed by atoms with van der Waals surface area (Å²) in [5.41, 5.74) is 7.08. The van der Waals surface area contributed by atoms with Crippen LogP contribution in [0.5, 0.6) is 11.5 Å². The van der Waals surface area contributed by atoms with Crippen LogP contribution in [0.3, 0.4) is 0 Å². The Hall–Kier alpha value is -1.75. The zero-order chi connectivity index (χ0) is 15.2. The molecule has 21 heavy (non-hydrogen) atoms. The minimum absolute atomic E-state index is 0.212. The zero-order valence-electron chi connectivity index (χ0n) is 12.6. The normalized spacial score (nSPS) is 18.7. The Kier molecular flexibility index (Phi) is 5.44. The smallest absolute Gasteiger partial charge is 0.305 e. The number of fused-ring (bicyclic) bond motifs is 1. The van der Waals surface area contributed by atoms with Crippen molar-refractivity contribution in [3.05, 3.63) is 23.8 Å². The Morgan fingerprint density at radius 2 is 2.10 bits per heavy atom. The second-order valence-electron chi connectivity index (χ2n) is 5.38. The van der Waals surface area contributed by atoms with Crippen LogP contribution in [-0.4, -0.2) is 25.8 Å². The average Bonchev–Trinajstić information content (AvgIpc) is 2.67. The van der Waals surface area contributed by atoms with Crippen molar-refractivity contribution in [3.63, 3.8) is 0 Å². The fraction of sp³-hybridized carbons (Fsp3) is 0.562. The topological polar surface area (TPSA) is 70.8 Å². The van der Waals surface area contributed by atoms with Gasteiger partial charge >= 0.3 is 5.97 Å². The van der Waals surface area contributed by atoms with Crippen LogP contribution in [-0.2, 0) is 9.53 Å². The third kappa shape index (κ3) is 4.36. The van der Waals surface area contributed by atoms with Crippen LogP contribution in [0.1, 0.15) is 38.3 Å². The third-order valence-electron chi connectivity index (χ3n) is 3.41. The molecule has 116 valence electrons. The molecule has 2 unspecified atom stereocenters. The van der Waals surface area contributed by atoms with Crippen LogP contribution in [0.2, 0.25) is 0 Å². The molecular weight excluding hydrogens is 270 g/mol. The van der Waals surface area contributed by atoms with E-state index in [0.717, 1.165) is 17.1 Å². The van der Waals surface area contributed by atoms with Crippen LogP contribution < -0.4 is 15.2 Å². The first-order chi connectivity index (χ1) is 10.1. The molecule has 1 aliphatic heterocycles. The fourth-order valence-corrected chi connectivity index (χ4v) is 2.17. The van der Waals surface area contributed by atoms with E-state index in [1.54, 1.807) is 6.92 Å². The van der Waals surface area contributed by atoms with Crippen molar-refractivity contribution >= 4 is 5.97 Å². The maximum atomic E-state index is 11.4. The van der Waals surface area contributed by atoms with Gasteiger partial charge in [0.1, 0.15) is 0 Å². The standard InChI is InChI=1S/C16H23NO4/c1-3-19-16(18)7-5-13(17)12-4-6-14-15(8-12)21-10-11(2)9-20-14/h4,6,8,11,13H,3,5,7,9-10,17H2,1-2H3. The van der Waals surface area contributed by atoms with E-state index in [9.17, 15) is 4.79 Å². The first-order valence-electron chi connectivity index (χ1n) is 7.41. The van der Waals surface area contributed by atoms with Gasteiger partial charge in [-0.1, -0.05) is 13.0 Å². The molecule has 1 aliphatic rings. The van der Waals surface area contributed by atoms with E-state index in [1.165, 1.54) is 0 Å². The van der Waals surface area contributed by atoms with E-state index < -0.39 is 0 Å². The number of hydrogen-bond donors (Lipinski definition) is 1. The molecule has 0 radical (unpaired) electrons. The van der Waals surface area contributed by atoms with Crippen molar-refractivity contribution in [1.82, 2.24) is 0 Å². The Bertz CT molecular complexity index is 489. The van der Waals surface area contributed by atoms with E-state index in [4.69, 9.17) is 19.9 Å². The molecule has 0 aliphatic carbocycles. The molecule has 0 aromatic heterocycles. The third-order valence-corrected chi connectivity index (χ3v) is 3.41. The highest BCUT2D eigenvalue weighted by Crippen LogP contribution is 2.33. The Morgan fingerprint density at radius 3 is 2.81 bits per heavy atom. The molecule has 0 fully saturated rings. The lowest BCUT2D eigenvalue weighted by Gasteiger charge is -2.14. The van der Waals surface area contributed by atoms with E-state index in [2.05, 4.69) is 6.92 Å². The van der Waals surface area contributed by atoms with E-state index >= 15 is 0 Å². The van der Waals surface area contributed by atoms with Crippen LogP contribution in [0.15, 0.2) is 18.2 Å². The van der Waals surface area contributed by atoms with Gasteiger partial charge in [-0.25, -0.2) is 0 Å². The molecule has 5 heteroatoms. The largest absolute Gasteiger partial charge is 0.489 e. The van der Waals surface area contributed by atoms with Gasteiger partial charge in [-0.05, 0) is 31.0 Å².